The molecule has 2 aliphatic carbocycles. The Morgan fingerprint density at radius 2 is 1.60 bits per heavy atom. The summed E-state index contributed by atoms with van der Waals surface area (Å²) in [7, 11) is 0. The van der Waals surface area contributed by atoms with Gasteiger partial charge in [-0.15, -0.1) is 0 Å². The Bertz CT molecular complexity index is 920. The molecule has 2 aromatic carbocycles. The Morgan fingerprint density at radius 1 is 0.833 bits per heavy atom. The van der Waals surface area contributed by atoms with E-state index < -0.39 is 11.6 Å². The van der Waals surface area contributed by atoms with E-state index in [0.717, 1.165) is 35.5 Å². The van der Waals surface area contributed by atoms with Crippen molar-refractivity contribution < 1.29 is 13.2 Å². The smallest absolute Gasteiger partial charge is 0.159 e. The Balaban J connectivity index is 1.45. The molecule has 4 rings (SSSR count). The van der Waals surface area contributed by atoms with Crippen molar-refractivity contribution in [1.29, 1.82) is 0 Å². The fourth-order valence-electron chi connectivity index (χ4n) is 5.21. The summed E-state index contributed by atoms with van der Waals surface area (Å²) >= 11 is 0. The van der Waals surface area contributed by atoms with Gasteiger partial charge in [0, 0.05) is 5.56 Å². The summed E-state index contributed by atoms with van der Waals surface area (Å²) in [4.78, 5) is 0. The third kappa shape index (κ3) is 4.66. The monoisotopic (exact) mass is 412 g/mol. The summed E-state index contributed by atoms with van der Waals surface area (Å²) in [5.74, 6) is -0.577. The van der Waals surface area contributed by atoms with Crippen LogP contribution in [0, 0.1) is 23.4 Å². The second kappa shape index (κ2) is 9.41. The predicted molar refractivity (Wildman–Crippen MR) is 118 cm³/mol. The lowest BCUT2D eigenvalue weighted by atomic mass is 9.76. The summed E-state index contributed by atoms with van der Waals surface area (Å²) in [6.45, 7) is 2.25. The first-order chi connectivity index (χ1) is 14.5. The van der Waals surface area contributed by atoms with Crippen molar-refractivity contribution in [2.24, 2.45) is 5.92 Å². The van der Waals surface area contributed by atoms with Crippen LogP contribution in [0.15, 0.2) is 30.3 Å². The van der Waals surface area contributed by atoms with E-state index in [9.17, 15) is 8.78 Å². The van der Waals surface area contributed by atoms with Crippen molar-refractivity contribution in [3.63, 3.8) is 0 Å². The topological polar surface area (TPSA) is 0 Å². The van der Waals surface area contributed by atoms with Crippen LogP contribution >= 0.6 is 0 Å². The van der Waals surface area contributed by atoms with Crippen molar-refractivity contribution in [3.8, 4) is 0 Å². The van der Waals surface area contributed by atoms with Gasteiger partial charge in [0.2, 0.25) is 0 Å². The Labute approximate surface area is 178 Å². The molecule has 0 bridgehead atoms. The van der Waals surface area contributed by atoms with Crippen LogP contribution in [0.2, 0.25) is 0 Å². The number of halogens is 3. The molecule has 1 saturated carbocycles. The molecule has 0 spiro atoms. The van der Waals surface area contributed by atoms with Crippen molar-refractivity contribution in [3.05, 3.63) is 70.0 Å². The maximum absolute atomic E-state index is 15.0. The van der Waals surface area contributed by atoms with Gasteiger partial charge in [0.1, 0.15) is 5.82 Å². The lowest BCUT2D eigenvalue weighted by molar-refractivity contribution is 0.302. The van der Waals surface area contributed by atoms with Gasteiger partial charge in [-0.05, 0) is 90.8 Å². The van der Waals surface area contributed by atoms with E-state index in [4.69, 9.17) is 0 Å². The Kier molecular flexibility index (Phi) is 6.65. The summed E-state index contributed by atoms with van der Waals surface area (Å²) in [5, 5.41) is 0. The van der Waals surface area contributed by atoms with Crippen LogP contribution in [0.3, 0.4) is 0 Å². The van der Waals surface area contributed by atoms with E-state index in [1.165, 1.54) is 50.7 Å². The van der Waals surface area contributed by atoms with Crippen molar-refractivity contribution in [1.82, 2.24) is 0 Å². The highest BCUT2D eigenvalue weighted by atomic mass is 19.2. The van der Waals surface area contributed by atoms with Gasteiger partial charge in [-0.25, -0.2) is 13.2 Å². The van der Waals surface area contributed by atoms with Gasteiger partial charge >= 0.3 is 0 Å². The Hall–Kier alpha value is -2.03. The molecule has 2 aliphatic rings. The van der Waals surface area contributed by atoms with Crippen LogP contribution in [0.4, 0.5) is 13.2 Å². The lowest BCUT2D eigenvalue weighted by Crippen LogP contribution is -2.13. The number of hydrogen-bond acceptors (Lipinski definition) is 0. The number of fused-ring (bicyclic) bond motifs is 1. The lowest BCUT2D eigenvalue weighted by Gasteiger charge is -2.29. The predicted octanol–water partition coefficient (Wildman–Crippen LogP) is 8.44. The molecule has 0 amide bonds. The van der Waals surface area contributed by atoms with Crippen LogP contribution < -0.4 is 0 Å². The van der Waals surface area contributed by atoms with E-state index in [0.29, 0.717) is 29.9 Å². The van der Waals surface area contributed by atoms with Crippen LogP contribution in [0.1, 0.15) is 92.9 Å². The second-order valence-electron chi connectivity index (χ2n) is 9.09. The molecule has 0 atom stereocenters. The first kappa shape index (κ1) is 21.2. The molecule has 0 radical (unpaired) electrons. The van der Waals surface area contributed by atoms with E-state index in [-0.39, 0.29) is 5.82 Å². The highest BCUT2D eigenvalue weighted by molar-refractivity contribution is 5.84. The van der Waals surface area contributed by atoms with Crippen LogP contribution in [-0.4, -0.2) is 0 Å². The van der Waals surface area contributed by atoms with Crippen LogP contribution in [0.5, 0.6) is 0 Å². The molecule has 0 aliphatic heterocycles. The SMILES string of the molecule is CCCCCC1CCC(c2ccc(C3=Cc4cc(F)c(F)cc4CC3)c(F)c2)CC1. The van der Waals surface area contributed by atoms with Gasteiger partial charge < -0.3 is 0 Å². The molecule has 0 nitrogen and oxygen atoms in total. The number of aryl methyl sites for hydroxylation is 1. The zero-order valence-electron chi connectivity index (χ0n) is 17.8. The number of rotatable bonds is 6. The summed E-state index contributed by atoms with van der Waals surface area (Å²) in [6.07, 6.45) is 13.1. The zero-order chi connectivity index (χ0) is 21.1. The molecule has 0 heterocycles. The minimum Gasteiger partial charge on any atom is -0.206 e. The molecule has 0 N–H and O–H groups in total. The minimum atomic E-state index is -0.854. The highest BCUT2D eigenvalue weighted by Gasteiger charge is 2.23. The van der Waals surface area contributed by atoms with Gasteiger partial charge in [0.25, 0.3) is 0 Å². The normalized spacial score (nSPS) is 21.3. The molecule has 30 heavy (non-hydrogen) atoms. The molecule has 2 aromatic rings. The van der Waals surface area contributed by atoms with Crippen molar-refractivity contribution >= 4 is 11.6 Å². The second-order valence-corrected chi connectivity index (χ2v) is 9.09. The summed E-state index contributed by atoms with van der Waals surface area (Å²) < 4.78 is 42.1. The maximum Gasteiger partial charge on any atom is 0.159 e. The molecule has 3 heteroatoms. The third-order valence-electron chi connectivity index (χ3n) is 7.05. The summed E-state index contributed by atoms with van der Waals surface area (Å²) in [5.41, 5.74) is 3.98. The van der Waals surface area contributed by atoms with E-state index in [2.05, 4.69) is 13.0 Å². The molecular weight excluding hydrogens is 381 g/mol. The van der Waals surface area contributed by atoms with Crippen LogP contribution in [-0.2, 0) is 6.42 Å². The van der Waals surface area contributed by atoms with Gasteiger partial charge in [-0.3, -0.25) is 0 Å². The first-order valence-corrected chi connectivity index (χ1v) is 11.5. The molecule has 0 aromatic heterocycles. The van der Waals surface area contributed by atoms with E-state index in [1.807, 2.05) is 6.07 Å². The number of unbranched alkanes of at least 4 members (excludes halogenated alkanes) is 2. The van der Waals surface area contributed by atoms with Gasteiger partial charge in [0.15, 0.2) is 11.6 Å². The standard InChI is InChI=1S/C27H31F3/c1-2-3-4-5-18-6-8-19(9-7-18)20-12-13-24(25(28)15-20)22-11-10-21-16-26(29)27(30)17-23(21)14-22/h12-19H,2-11H2,1H3. The van der Waals surface area contributed by atoms with Gasteiger partial charge in [-0.1, -0.05) is 50.8 Å². The van der Waals surface area contributed by atoms with Crippen molar-refractivity contribution in [2.75, 3.05) is 0 Å². The molecular formula is C27H31F3. The first-order valence-electron chi connectivity index (χ1n) is 11.5. The minimum absolute atomic E-state index is 0.199. The number of benzene rings is 2. The van der Waals surface area contributed by atoms with Gasteiger partial charge in [0.05, 0.1) is 0 Å². The zero-order valence-corrected chi connectivity index (χ0v) is 17.8. The average Bonchev–Trinajstić information content (AvgIpc) is 2.75. The third-order valence-corrected chi connectivity index (χ3v) is 7.05. The molecule has 160 valence electrons. The quantitative estimate of drug-likeness (QED) is 0.418. The number of allylic oxidation sites excluding steroid dienone is 1. The maximum atomic E-state index is 15.0. The average molecular weight is 413 g/mol. The summed E-state index contributed by atoms with van der Waals surface area (Å²) in [6, 6.07) is 8.14. The molecule has 0 saturated heterocycles. The fraction of sp³-hybridized carbons (Fsp3) is 0.481. The molecule has 1 fully saturated rings. The van der Waals surface area contributed by atoms with Gasteiger partial charge in [-0.2, -0.15) is 0 Å². The van der Waals surface area contributed by atoms with Crippen LogP contribution in [0.25, 0.3) is 11.6 Å². The highest BCUT2D eigenvalue weighted by Crippen LogP contribution is 2.39. The van der Waals surface area contributed by atoms with E-state index in [1.54, 1.807) is 12.1 Å². The van der Waals surface area contributed by atoms with E-state index >= 15 is 4.39 Å². The fourth-order valence-corrected chi connectivity index (χ4v) is 5.21. The van der Waals surface area contributed by atoms with Crippen molar-refractivity contribution in [2.45, 2.75) is 77.0 Å². The Morgan fingerprint density at radius 3 is 2.33 bits per heavy atom. The largest absolute Gasteiger partial charge is 0.206 e. The number of hydrogen-bond donors (Lipinski definition) is 0. The molecule has 0 unspecified atom stereocenters.